The maximum Gasteiger partial charge on any atom is 0.186 e. The summed E-state index contributed by atoms with van der Waals surface area (Å²) in [4.78, 5) is 27.5. The summed E-state index contributed by atoms with van der Waals surface area (Å²) in [5, 5.41) is 0. The zero-order valence-corrected chi connectivity index (χ0v) is 23.5. The molecule has 0 unspecified atom stereocenters. The number of benzene rings is 3. The Bertz CT molecular complexity index is 1380. The normalized spacial score (nSPS) is 11.3. The Balaban J connectivity index is 1.77. The first kappa shape index (κ1) is 29.1. The highest BCUT2D eigenvalue weighted by Crippen LogP contribution is 2.29. The number of rotatable bonds is 14. The van der Waals surface area contributed by atoms with E-state index in [4.69, 9.17) is 4.74 Å². The van der Waals surface area contributed by atoms with Gasteiger partial charge in [-0.1, -0.05) is 62.2 Å². The molecule has 7 heteroatoms. The van der Waals surface area contributed by atoms with Gasteiger partial charge in [0, 0.05) is 44.6 Å². The van der Waals surface area contributed by atoms with Crippen LogP contribution in [-0.4, -0.2) is 41.2 Å². The smallest absolute Gasteiger partial charge is 0.186 e. The molecule has 0 saturated heterocycles. The highest BCUT2D eigenvalue weighted by Gasteiger charge is 2.23. The third-order valence-corrected chi connectivity index (χ3v) is 8.14. The van der Waals surface area contributed by atoms with Crippen molar-refractivity contribution in [2.45, 2.75) is 56.1 Å². The summed E-state index contributed by atoms with van der Waals surface area (Å²) < 4.78 is 32.2. The van der Waals surface area contributed by atoms with Crippen molar-refractivity contribution >= 4 is 27.1 Å². The molecule has 6 nitrogen and oxygen atoms in total. The molecule has 0 atom stereocenters. The Morgan fingerprint density at radius 2 is 1.61 bits per heavy atom. The molecule has 0 amide bonds. The molecule has 0 radical (unpaired) electrons. The summed E-state index contributed by atoms with van der Waals surface area (Å²) in [6.45, 7) is 2.07. The van der Waals surface area contributed by atoms with Crippen molar-refractivity contribution in [3.63, 3.8) is 0 Å². The molecule has 0 heterocycles. The van der Waals surface area contributed by atoms with Gasteiger partial charge in [0.25, 0.3) is 0 Å². The van der Waals surface area contributed by atoms with Crippen molar-refractivity contribution < 1.29 is 22.7 Å². The standard InChI is InChI=1S/C31H37NO5S/c1-5-6-7-15-29(34)26-16-17-30(37-4)31(21-26)38(35,36)22-24-12-10-11-23(18-24)19-27(33)20-25-13-8-9-14-28(25)32(2)3/h8-14,16-18,21H,5-7,15,19-20,22H2,1-4H3. The second-order valence-electron chi connectivity index (χ2n) is 9.74. The van der Waals surface area contributed by atoms with E-state index in [1.54, 1.807) is 30.3 Å². The summed E-state index contributed by atoms with van der Waals surface area (Å²) >= 11 is 0. The molecule has 0 N–H and O–H groups in total. The zero-order chi connectivity index (χ0) is 27.7. The monoisotopic (exact) mass is 535 g/mol. The Morgan fingerprint density at radius 3 is 2.32 bits per heavy atom. The van der Waals surface area contributed by atoms with E-state index in [9.17, 15) is 18.0 Å². The molecule has 0 aliphatic heterocycles. The molecule has 0 aromatic heterocycles. The van der Waals surface area contributed by atoms with E-state index in [0.717, 1.165) is 36.1 Å². The molecule has 202 valence electrons. The van der Waals surface area contributed by atoms with E-state index in [1.165, 1.54) is 13.2 Å². The fourth-order valence-electron chi connectivity index (χ4n) is 4.50. The number of carbonyl (C=O) groups excluding carboxylic acids is 2. The quantitative estimate of drug-likeness (QED) is 0.190. The van der Waals surface area contributed by atoms with Crippen LogP contribution in [0.2, 0.25) is 0 Å². The second-order valence-corrected chi connectivity index (χ2v) is 11.7. The Hall–Kier alpha value is -3.45. The third-order valence-electron chi connectivity index (χ3n) is 6.44. The van der Waals surface area contributed by atoms with Crippen LogP contribution in [0.3, 0.4) is 0 Å². The Kier molecular flexibility index (Phi) is 10.2. The first-order chi connectivity index (χ1) is 18.1. The lowest BCUT2D eigenvalue weighted by Gasteiger charge is -2.17. The van der Waals surface area contributed by atoms with Crippen molar-refractivity contribution in [3.8, 4) is 5.75 Å². The van der Waals surface area contributed by atoms with Gasteiger partial charge in [-0.25, -0.2) is 8.42 Å². The minimum Gasteiger partial charge on any atom is -0.495 e. The zero-order valence-electron chi connectivity index (χ0n) is 22.7. The maximum atomic E-state index is 13.4. The van der Waals surface area contributed by atoms with E-state index in [-0.39, 0.29) is 34.4 Å². The predicted octanol–water partition coefficient (Wildman–Crippen LogP) is 5.85. The van der Waals surface area contributed by atoms with Gasteiger partial charge in [0.2, 0.25) is 0 Å². The van der Waals surface area contributed by atoms with E-state index in [0.29, 0.717) is 24.0 Å². The van der Waals surface area contributed by atoms with Gasteiger partial charge in [0.1, 0.15) is 16.4 Å². The fourth-order valence-corrected chi connectivity index (χ4v) is 6.04. The third kappa shape index (κ3) is 7.78. The largest absolute Gasteiger partial charge is 0.495 e. The van der Waals surface area contributed by atoms with Gasteiger partial charge in [-0.3, -0.25) is 9.59 Å². The number of methoxy groups -OCH3 is 1. The van der Waals surface area contributed by atoms with Gasteiger partial charge in [-0.2, -0.15) is 0 Å². The number of Topliss-reactive ketones (excluding diaryl/α,β-unsaturated/α-hetero) is 2. The second kappa shape index (κ2) is 13.4. The molecule has 0 spiro atoms. The number of nitrogens with zero attached hydrogens (tertiary/aromatic N) is 1. The first-order valence-corrected chi connectivity index (χ1v) is 14.6. The van der Waals surface area contributed by atoms with Crippen LogP contribution in [0.15, 0.2) is 71.6 Å². The van der Waals surface area contributed by atoms with Crippen LogP contribution < -0.4 is 9.64 Å². The lowest BCUT2D eigenvalue weighted by Crippen LogP contribution is -2.14. The van der Waals surface area contributed by atoms with Crippen molar-refractivity contribution in [1.29, 1.82) is 0 Å². The van der Waals surface area contributed by atoms with E-state index < -0.39 is 9.84 Å². The number of hydrogen-bond donors (Lipinski definition) is 0. The number of hydrogen-bond acceptors (Lipinski definition) is 6. The molecule has 0 aliphatic rings. The number of para-hydroxylation sites is 1. The van der Waals surface area contributed by atoms with Crippen LogP contribution in [0.25, 0.3) is 0 Å². The van der Waals surface area contributed by atoms with Gasteiger partial charge < -0.3 is 9.64 Å². The highest BCUT2D eigenvalue weighted by atomic mass is 32.2. The SMILES string of the molecule is CCCCCC(=O)c1ccc(OC)c(S(=O)(=O)Cc2cccc(CC(=O)Cc3ccccc3N(C)C)c2)c1. The molecule has 0 aliphatic carbocycles. The van der Waals surface area contributed by atoms with E-state index in [2.05, 4.69) is 6.92 Å². The lowest BCUT2D eigenvalue weighted by molar-refractivity contribution is -0.117. The molecule has 0 saturated carbocycles. The summed E-state index contributed by atoms with van der Waals surface area (Å²) in [6.07, 6.45) is 3.62. The Morgan fingerprint density at radius 1 is 0.868 bits per heavy atom. The topological polar surface area (TPSA) is 80.8 Å². The highest BCUT2D eigenvalue weighted by molar-refractivity contribution is 7.90. The number of ketones is 2. The summed E-state index contributed by atoms with van der Waals surface area (Å²) in [7, 11) is 1.49. The van der Waals surface area contributed by atoms with Gasteiger partial charge in [0.05, 0.1) is 12.9 Å². The molecular weight excluding hydrogens is 498 g/mol. The van der Waals surface area contributed by atoms with Crippen molar-refractivity contribution in [2.24, 2.45) is 0 Å². The van der Waals surface area contributed by atoms with Gasteiger partial charge in [-0.05, 0) is 47.4 Å². The molecule has 0 bridgehead atoms. The van der Waals surface area contributed by atoms with Gasteiger partial charge in [0.15, 0.2) is 15.6 Å². The maximum absolute atomic E-state index is 13.4. The van der Waals surface area contributed by atoms with Crippen molar-refractivity contribution in [2.75, 3.05) is 26.1 Å². The molecule has 3 rings (SSSR count). The Labute approximate surface area is 226 Å². The van der Waals surface area contributed by atoms with E-state index >= 15 is 0 Å². The molecule has 0 fully saturated rings. The van der Waals surface area contributed by atoms with Crippen LogP contribution in [-0.2, 0) is 33.2 Å². The summed E-state index contributed by atoms with van der Waals surface area (Å²) in [5.74, 6) is -0.0762. The summed E-state index contributed by atoms with van der Waals surface area (Å²) in [6, 6.07) is 19.5. The fraction of sp³-hybridized carbons (Fsp3) is 0.355. The number of sulfone groups is 1. The van der Waals surface area contributed by atoms with Crippen LogP contribution in [0.5, 0.6) is 5.75 Å². The van der Waals surface area contributed by atoms with Gasteiger partial charge in [-0.15, -0.1) is 0 Å². The number of anilines is 1. The van der Waals surface area contributed by atoms with Crippen LogP contribution >= 0.6 is 0 Å². The van der Waals surface area contributed by atoms with Crippen molar-refractivity contribution in [3.05, 3.63) is 89.0 Å². The molecular formula is C31H37NO5S. The number of carbonyl (C=O) groups is 2. The molecule has 3 aromatic carbocycles. The number of ether oxygens (including phenoxy) is 1. The molecule has 38 heavy (non-hydrogen) atoms. The average molecular weight is 536 g/mol. The molecule has 3 aromatic rings. The van der Waals surface area contributed by atoms with Crippen LogP contribution in [0.4, 0.5) is 5.69 Å². The van der Waals surface area contributed by atoms with E-state index in [1.807, 2.05) is 49.3 Å². The minimum atomic E-state index is -3.81. The lowest BCUT2D eigenvalue weighted by atomic mass is 10.0. The predicted molar refractivity (Wildman–Crippen MR) is 152 cm³/mol. The van der Waals surface area contributed by atoms with Crippen LogP contribution in [0.1, 0.15) is 59.7 Å². The first-order valence-electron chi connectivity index (χ1n) is 12.9. The van der Waals surface area contributed by atoms with Crippen molar-refractivity contribution in [1.82, 2.24) is 0 Å². The van der Waals surface area contributed by atoms with Crippen LogP contribution in [0, 0.1) is 0 Å². The minimum absolute atomic E-state index is 0.00288. The van der Waals surface area contributed by atoms with Gasteiger partial charge >= 0.3 is 0 Å². The number of unbranched alkanes of at least 4 members (excludes halogenated alkanes) is 2. The summed E-state index contributed by atoms with van der Waals surface area (Å²) in [5.41, 5.74) is 3.67. The average Bonchev–Trinajstić information content (AvgIpc) is 2.88.